The largest absolute Gasteiger partial charge is 0.357 e. The predicted molar refractivity (Wildman–Crippen MR) is 99.8 cm³/mol. The maximum Gasteiger partial charge on any atom is 0.222 e. The molecule has 23 heavy (non-hydrogen) atoms. The summed E-state index contributed by atoms with van der Waals surface area (Å²) in [6.07, 6.45) is 3.64. The van der Waals surface area contributed by atoms with Gasteiger partial charge in [0, 0.05) is 25.0 Å². The van der Waals surface area contributed by atoms with Gasteiger partial charge in [-0.3, -0.25) is 9.79 Å². The van der Waals surface area contributed by atoms with E-state index in [1.807, 2.05) is 13.8 Å². The Morgan fingerprint density at radius 3 is 2.26 bits per heavy atom. The van der Waals surface area contributed by atoms with E-state index in [4.69, 9.17) is 0 Å². The first-order valence-electron chi connectivity index (χ1n) is 9.02. The highest BCUT2D eigenvalue weighted by Crippen LogP contribution is 2.21. The second-order valence-electron chi connectivity index (χ2n) is 7.53. The summed E-state index contributed by atoms with van der Waals surface area (Å²) in [6.45, 7) is 16.4. The van der Waals surface area contributed by atoms with Crippen molar-refractivity contribution in [3.63, 3.8) is 0 Å². The molecule has 0 aromatic carbocycles. The van der Waals surface area contributed by atoms with Gasteiger partial charge in [-0.25, -0.2) is 0 Å². The summed E-state index contributed by atoms with van der Waals surface area (Å²) in [6, 6.07) is 0.594. The molecule has 5 heteroatoms. The molecule has 0 saturated heterocycles. The zero-order chi connectivity index (χ0) is 17.9. The lowest BCUT2D eigenvalue weighted by Crippen LogP contribution is -2.42. The molecule has 0 aromatic heterocycles. The number of carbonyl (C=O) groups excluding carboxylic acids is 1. The standard InChI is InChI=1S/C18H38N4O/c1-8-14(3)21-16(23)11-13-20-17(19-9-2)22-15(4)10-12-18(5,6)7/h14-15H,8-13H2,1-7H3,(H,21,23)(H2,19,20,22). The molecule has 2 atom stereocenters. The molecule has 0 aliphatic rings. The van der Waals surface area contributed by atoms with Crippen molar-refractivity contribution in [1.82, 2.24) is 16.0 Å². The molecule has 0 bridgehead atoms. The summed E-state index contributed by atoms with van der Waals surface area (Å²) in [7, 11) is 0. The fourth-order valence-electron chi connectivity index (χ4n) is 1.99. The Balaban J connectivity index is 4.29. The maximum absolute atomic E-state index is 11.8. The molecule has 5 nitrogen and oxygen atoms in total. The van der Waals surface area contributed by atoms with Crippen LogP contribution < -0.4 is 16.0 Å². The molecule has 0 fully saturated rings. The van der Waals surface area contributed by atoms with Crippen molar-refractivity contribution in [3.8, 4) is 0 Å². The van der Waals surface area contributed by atoms with Gasteiger partial charge in [0.1, 0.15) is 0 Å². The molecule has 0 aromatic rings. The van der Waals surface area contributed by atoms with Gasteiger partial charge in [0.25, 0.3) is 0 Å². The van der Waals surface area contributed by atoms with Gasteiger partial charge >= 0.3 is 0 Å². The number of hydrogen-bond acceptors (Lipinski definition) is 2. The van der Waals surface area contributed by atoms with Crippen molar-refractivity contribution in [2.75, 3.05) is 13.1 Å². The lowest BCUT2D eigenvalue weighted by molar-refractivity contribution is -0.121. The monoisotopic (exact) mass is 326 g/mol. The normalized spacial score (nSPS) is 15.0. The highest BCUT2D eigenvalue weighted by atomic mass is 16.1. The summed E-state index contributed by atoms with van der Waals surface area (Å²) in [5, 5.41) is 9.63. The van der Waals surface area contributed by atoms with Gasteiger partial charge in [-0.1, -0.05) is 27.7 Å². The van der Waals surface area contributed by atoms with Gasteiger partial charge in [-0.2, -0.15) is 0 Å². The van der Waals surface area contributed by atoms with Crippen LogP contribution in [0.3, 0.4) is 0 Å². The second-order valence-corrected chi connectivity index (χ2v) is 7.53. The molecule has 2 unspecified atom stereocenters. The zero-order valence-corrected chi connectivity index (χ0v) is 16.3. The predicted octanol–water partition coefficient (Wildman–Crippen LogP) is 3.06. The van der Waals surface area contributed by atoms with Crippen LogP contribution >= 0.6 is 0 Å². The minimum atomic E-state index is 0.0692. The van der Waals surface area contributed by atoms with Crippen molar-refractivity contribution in [2.24, 2.45) is 10.4 Å². The third-order valence-electron chi connectivity index (χ3n) is 3.68. The fraction of sp³-hybridized carbons (Fsp3) is 0.889. The molecule has 0 rings (SSSR count). The Morgan fingerprint density at radius 2 is 1.74 bits per heavy atom. The van der Waals surface area contributed by atoms with Crippen molar-refractivity contribution in [1.29, 1.82) is 0 Å². The molecule has 0 saturated carbocycles. The Hall–Kier alpha value is -1.26. The summed E-state index contributed by atoms with van der Waals surface area (Å²) < 4.78 is 0. The average Bonchev–Trinajstić information content (AvgIpc) is 2.44. The van der Waals surface area contributed by atoms with Gasteiger partial charge in [0.15, 0.2) is 5.96 Å². The van der Waals surface area contributed by atoms with Gasteiger partial charge in [0.05, 0.1) is 6.54 Å². The number of nitrogens with one attached hydrogen (secondary N) is 3. The van der Waals surface area contributed by atoms with E-state index in [0.29, 0.717) is 24.4 Å². The van der Waals surface area contributed by atoms with Gasteiger partial charge in [0.2, 0.25) is 5.91 Å². The number of amides is 1. The van der Waals surface area contributed by atoms with Crippen molar-refractivity contribution >= 4 is 11.9 Å². The van der Waals surface area contributed by atoms with Crippen molar-refractivity contribution in [3.05, 3.63) is 0 Å². The maximum atomic E-state index is 11.8. The first-order chi connectivity index (χ1) is 10.7. The Labute approximate surface area is 143 Å². The number of nitrogens with zero attached hydrogens (tertiary/aromatic N) is 1. The number of guanidine groups is 1. The van der Waals surface area contributed by atoms with Crippen LogP contribution in [-0.4, -0.2) is 37.0 Å². The fourth-order valence-corrected chi connectivity index (χ4v) is 1.99. The first kappa shape index (κ1) is 21.7. The third-order valence-corrected chi connectivity index (χ3v) is 3.68. The highest BCUT2D eigenvalue weighted by Gasteiger charge is 2.13. The third kappa shape index (κ3) is 12.9. The van der Waals surface area contributed by atoms with Crippen LogP contribution in [0.4, 0.5) is 0 Å². The van der Waals surface area contributed by atoms with Crippen LogP contribution in [0.15, 0.2) is 4.99 Å². The molecule has 3 N–H and O–H groups in total. The van der Waals surface area contributed by atoms with E-state index < -0.39 is 0 Å². The Bertz CT molecular complexity index is 361. The van der Waals surface area contributed by atoms with Crippen LogP contribution in [0.5, 0.6) is 0 Å². The van der Waals surface area contributed by atoms with Crippen LogP contribution in [-0.2, 0) is 4.79 Å². The van der Waals surface area contributed by atoms with E-state index in [-0.39, 0.29) is 11.9 Å². The Morgan fingerprint density at radius 1 is 1.09 bits per heavy atom. The topological polar surface area (TPSA) is 65.5 Å². The lowest BCUT2D eigenvalue weighted by Gasteiger charge is -2.23. The van der Waals surface area contributed by atoms with Crippen LogP contribution in [0.25, 0.3) is 0 Å². The molecular formula is C18H38N4O. The molecule has 0 radical (unpaired) electrons. The quantitative estimate of drug-likeness (QED) is 0.451. The first-order valence-corrected chi connectivity index (χ1v) is 9.02. The van der Waals surface area contributed by atoms with Crippen molar-refractivity contribution in [2.45, 2.75) is 86.2 Å². The smallest absolute Gasteiger partial charge is 0.222 e. The minimum Gasteiger partial charge on any atom is -0.357 e. The highest BCUT2D eigenvalue weighted by molar-refractivity contribution is 5.81. The lowest BCUT2D eigenvalue weighted by atomic mass is 9.89. The van der Waals surface area contributed by atoms with E-state index in [2.05, 4.69) is 55.6 Å². The van der Waals surface area contributed by atoms with Crippen LogP contribution in [0, 0.1) is 5.41 Å². The Kier molecular flexibility index (Phi) is 10.7. The molecule has 0 spiro atoms. The number of aliphatic imine (C=N–C) groups is 1. The summed E-state index contributed by atoms with van der Waals surface area (Å²) in [4.78, 5) is 16.3. The summed E-state index contributed by atoms with van der Waals surface area (Å²) in [5.41, 5.74) is 0.347. The van der Waals surface area contributed by atoms with Gasteiger partial charge in [-0.15, -0.1) is 0 Å². The summed E-state index contributed by atoms with van der Waals surface area (Å²) >= 11 is 0. The van der Waals surface area contributed by atoms with Crippen LogP contribution in [0.2, 0.25) is 0 Å². The van der Waals surface area contributed by atoms with E-state index >= 15 is 0 Å². The zero-order valence-electron chi connectivity index (χ0n) is 16.3. The molecule has 136 valence electrons. The minimum absolute atomic E-state index is 0.0692. The van der Waals surface area contributed by atoms with E-state index in [1.165, 1.54) is 0 Å². The number of carbonyl (C=O) groups is 1. The average molecular weight is 327 g/mol. The van der Waals surface area contributed by atoms with E-state index in [1.54, 1.807) is 0 Å². The van der Waals surface area contributed by atoms with E-state index in [0.717, 1.165) is 31.8 Å². The number of hydrogen-bond donors (Lipinski definition) is 3. The summed E-state index contributed by atoms with van der Waals surface area (Å²) in [5.74, 6) is 0.866. The molecular weight excluding hydrogens is 288 g/mol. The van der Waals surface area contributed by atoms with Gasteiger partial charge < -0.3 is 16.0 Å². The molecule has 0 aliphatic heterocycles. The SMILES string of the molecule is CCNC(=NCCC(=O)NC(C)CC)NC(C)CCC(C)(C)C. The molecule has 1 amide bonds. The molecule has 0 heterocycles. The van der Waals surface area contributed by atoms with Crippen molar-refractivity contribution < 1.29 is 4.79 Å². The van der Waals surface area contributed by atoms with Gasteiger partial charge in [-0.05, 0) is 45.4 Å². The second kappa shape index (κ2) is 11.3. The van der Waals surface area contributed by atoms with E-state index in [9.17, 15) is 4.79 Å². The van der Waals surface area contributed by atoms with Crippen LogP contribution in [0.1, 0.15) is 74.1 Å². The number of rotatable bonds is 9. The molecule has 0 aliphatic carbocycles.